The van der Waals surface area contributed by atoms with Gasteiger partial charge in [-0.25, -0.2) is 19.3 Å². The number of nitrogens with one attached hydrogen (secondary N) is 1. The lowest BCUT2D eigenvalue weighted by Gasteiger charge is -2.37. The van der Waals surface area contributed by atoms with Crippen LogP contribution in [0.25, 0.3) is 5.65 Å². The van der Waals surface area contributed by atoms with Crippen molar-refractivity contribution in [2.45, 2.75) is 19.4 Å². The lowest BCUT2D eigenvalue weighted by molar-refractivity contribution is 0.0344. The van der Waals surface area contributed by atoms with Crippen molar-refractivity contribution in [3.05, 3.63) is 22.9 Å². The molecule has 1 aliphatic rings. The minimum Gasteiger partial charge on any atom is -0.389 e. The number of hydrogen-bond acceptors (Lipinski definition) is 6. The average molecular weight is 292 g/mol. The van der Waals surface area contributed by atoms with E-state index < -0.39 is 5.60 Å². The van der Waals surface area contributed by atoms with E-state index in [0.29, 0.717) is 12.2 Å². The summed E-state index contributed by atoms with van der Waals surface area (Å²) < 4.78 is 1.38. The molecule has 2 N–H and O–H groups in total. The van der Waals surface area contributed by atoms with Crippen LogP contribution < -0.4 is 10.6 Å². The van der Waals surface area contributed by atoms with Crippen LogP contribution in [0.3, 0.4) is 0 Å². The molecule has 0 bridgehead atoms. The summed E-state index contributed by atoms with van der Waals surface area (Å²) in [4.78, 5) is 20.1. The largest absolute Gasteiger partial charge is 0.389 e. The van der Waals surface area contributed by atoms with Gasteiger partial charge in [-0.05, 0) is 13.8 Å². The van der Waals surface area contributed by atoms with E-state index in [4.69, 9.17) is 0 Å². The second kappa shape index (κ2) is 5.12. The van der Waals surface area contributed by atoms with Gasteiger partial charge in [0.2, 0.25) is 0 Å². The zero-order valence-electron chi connectivity index (χ0n) is 12.3. The molecular weight excluding hydrogens is 272 g/mol. The quantitative estimate of drug-likeness (QED) is 0.778. The van der Waals surface area contributed by atoms with Crippen LogP contribution in [0.5, 0.6) is 0 Å². The number of aliphatic hydroxyl groups is 1. The number of aromatic nitrogens is 4. The summed E-state index contributed by atoms with van der Waals surface area (Å²) >= 11 is 0. The number of piperazine rings is 1. The van der Waals surface area contributed by atoms with Crippen molar-refractivity contribution in [1.29, 1.82) is 0 Å². The van der Waals surface area contributed by atoms with E-state index >= 15 is 0 Å². The van der Waals surface area contributed by atoms with Crippen LogP contribution in [0, 0.1) is 0 Å². The Kier molecular flexibility index (Phi) is 3.42. The summed E-state index contributed by atoms with van der Waals surface area (Å²) in [5.74, 6) is 0.824. The number of hydrogen-bond donors (Lipinski definition) is 2. The van der Waals surface area contributed by atoms with E-state index in [1.807, 2.05) is 19.9 Å². The summed E-state index contributed by atoms with van der Waals surface area (Å²) in [6.45, 7) is 7.76. The van der Waals surface area contributed by atoms with Gasteiger partial charge >= 0.3 is 5.69 Å². The predicted molar refractivity (Wildman–Crippen MR) is 78.6 cm³/mol. The Hall–Kier alpha value is -1.93. The van der Waals surface area contributed by atoms with E-state index in [1.54, 1.807) is 0 Å². The maximum atomic E-state index is 11.4. The maximum absolute atomic E-state index is 11.4. The third-order valence-corrected chi connectivity index (χ3v) is 3.60. The number of anilines is 1. The topological polar surface area (TPSA) is 89.8 Å². The van der Waals surface area contributed by atoms with Gasteiger partial charge in [0.1, 0.15) is 12.1 Å². The third kappa shape index (κ3) is 3.06. The number of β-amino-alcohol motifs (C(OH)–C–C–N with tert-alkyl or cyclic N) is 1. The summed E-state index contributed by atoms with van der Waals surface area (Å²) in [6, 6.07) is 1.81. The average Bonchev–Trinajstić information content (AvgIpc) is 2.79. The Balaban J connectivity index is 1.69. The van der Waals surface area contributed by atoms with Gasteiger partial charge in [-0.15, -0.1) is 0 Å². The van der Waals surface area contributed by atoms with Crippen molar-refractivity contribution in [2.24, 2.45) is 0 Å². The highest BCUT2D eigenvalue weighted by Crippen LogP contribution is 2.15. The van der Waals surface area contributed by atoms with Gasteiger partial charge in [0.15, 0.2) is 5.65 Å². The summed E-state index contributed by atoms with van der Waals surface area (Å²) in [6.07, 6.45) is 1.50. The van der Waals surface area contributed by atoms with Crippen LogP contribution in [-0.4, -0.2) is 67.9 Å². The van der Waals surface area contributed by atoms with Crippen LogP contribution in [0.4, 0.5) is 5.82 Å². The molecule has 3 rings (SSSR count). The molecule has 1 aliphatic heterocycles. The van der Waals surface area contributed by atoms with Gasteiger partial charge in [-0.3, -0.25) is 4.90 Å². The second-order valence-corrected chi connectivity index (χ2v) is 6.08. The van der Waals surface area contributed by atoms with Gasteiger partial charge in [-0.2, -0.15) is 5.10 Å². The van der Waals surface area contributed by atoms with Crippen LogP contribution in [0.2, 0.25) is 0 Å². The fourth-order valence-electron chi connectivity index (χ4n) is 2.66. The van der Waals surface area contributed by atoms with Crippen molar-refractivity contribution in [3.63, 3.8) is 0 Å². The molecule has 114 valence electrons. The summed E-state index contributed by atoms with van der Waals surface area (Å²) in [5, 5.41) is 16.2. The van der Waals surface area contributed by atoms with Crippen molar-refractivity contribution < 1.29 is 5.11 Å². The number of aromatic amines is 1. The highest BCUT2D eigenvalue weighted by molar-refractivity contribution is 5.50. The molecule has 21 heavy (non-hydrogen) atoms. The summed E-state index contributed by atoms with van der Waals surface area (Å²) in [7, 11) is 0. The molecule has 2 aromatic heterocycles. The first-order valence-corrected chi connectivity index (χ1v) is 7.05. The van der Waals surface area contributed by atoms with Crippen molar-refractivity contribution in [3.8, 4) is 0 Å². The predicted octanol–water partition coefficient (Wildman–Crippen LogP) is -0.689. The van der Waals surface area contributed by atoms with Crippen molar-refractivity contribution >= 4 is 11.5 Å². The fourth-order valence-corrected chi connectivity index (χ4v) is 2.66. The molecule has 1 fully saturated rings. The van der Waals surface area contributed by atoms with E-state index in [9.17, 15) is 9.90 Å². The number of rotatable bonds is 3. The van der Waals surface area contributed by atoms with Gasteiger partial charge < -0.3 is 10.0 Å². The normalized spacial score (nSPS) is 17.6. The van der Waals surface area contributed by atoms with E-state index in [0.717, 1.165) is 32.0 Å². The maximum Gasteiger partial charge on any atom is 0.348 e. The fraction of sp³-hybridized carbons (Fsp3) is 0.615. The zero-order valence-corrected chi connectivity index (χ0v) is 12.3. The highest BCUT2D eigenvalue weighted by atomic mass is 16.3. The van der Waals surface area contributed by atoms with E-state index in [2.05, 4.69) is 25.0 Å². The lowest BCUT2D eigenvalue weighted by atomic mass is 10.1. The number of nitrogens with zero attached hydrogens (tertiary/aromatic N) is 5. The molecule has 0 aliphatic carbocycles. The third-order valence-electron chi connectivity index (χ3n) is 3.60. The highest BCUT2D eigenvalue weighted by Gasteiger charge is 2.23. The second-order valence-electron chi connectivity index (χ2n) is 6.08. The molecule has 8 heteroatoms. The zero-order chi connectivity index (χ0) is 15.0. The molecule has 3 heterocycles. The standard InChI is InChI=1S/C13H20N6O2/c1-13(2,21)8-17-3-5-18(6-4-17)10-7-11-15-16-12(20)19(11)9-14-10/h7,9,21H,3-6,8H2,1-2H3,(H,16,20). The molecule has 2 aromatic rings. The summed E-state index contributed by atoms with van der Waals surface area (Å²) in [5.41, 5.74) is -0.377. The molecule has 0 saturated carbocycles. The molecule has 0 unspecified atom stereocenters. The first-order chi connectivity index (χ1) is 9.92. The van der Waals surface area contributed by atoms with Gasteiger partial charge in [0, 0.05) is 38.8 Å². The van der Waals surface area contributed by atoms with Crippen LogP contribution in [-0.2, 0) is 0 Å². The van der Waals surface area contributed by atoms with Crippen molar-refractivity contribution in [1.82, 2.24) is 24.5 Å². The number of fused-ring (bicyclic) bond motifs is 1. The first kappa shape index (κ1) is 14.0. The molecule has 0 amide bonds. The van der Waals surface area contributed by atoms with E-state index in [-0.39, 0.29) is 5.69 Å². The molecule has 0 atom stereocenters. The van der Waals surface area contributed by atoms with Gasteiger partial charge in [-0.1, -0.05) is 0 Å². The van der Waals surface area contributed by atoms with Gasteiger partial charge in [0.25, 0.3) is 0 Å². The monoisotopic (exact) mass is 292 g/mol. The first-order valence-electron chi connectivity index (χ1n) is 7.05. The lowest BCUT2D eigenvalue weighted by Crippen LogP contribution is -2.50. The van der Waals surface area contributed by atoms with Crippen molar-refractivity contribution in [2.75, 3.05) is 37.6 Å². The smallest absolute Gasteiger partial charge is 0.348 e. The molecule has 1 saturated heterocycles. The minimum atomic E-state index is -0.671. The Morgan fingerprint density at radius 1 is 1.33 bits per heavy atom. The van der Waals surface area contributed by atoms with E-state index in [1.165, 1.54) is 10.7 Å². The number of H-pyrrole nitrogens is 1. The Morgan fingerprint density at radius 3 is 2.71 bits per heavy atom. The molecule has 0 aromatic carbocycles. The van der Waals surface area contributed by atoms with Crippen LogP contribution in [0.15, 0.2) is 17.2 Å². The molecular formula is C13H20N6O2. The SMILES string of the molecule is CC(C)(O)CN1CCN(c2cc3n[nH]c(=O)n3cn2)CC1. The Morgan fingerprint density at radius 2 is 2.05 bits per heavy atom. The minimum absolute atomic E-state index is 0.279. The molecule has 0 radical (unpaired) electrons. The van der Waals surface area contributed by atoms with Crippen LogP contribution in [0.1, 0.15) is 13.8 Å². The van der Waals surface area contributed by atoms with Gasteiger partial charge in [0.05, 0.1) is 5.60 Å². The Labute approximate surface area is 122 Å². The Bertz CT molecular complexity index is 678. The molecule has 8 nitrogen and oxygen atoms in total. The molecule has 0 spiro atoms. The van der Waals surface area contributed by atoms with Crippen LogP contribution >= 0.6 is 0 Å².